The fourth-order valence-electron chi connectivity index (χ4n) is 1.91. The molecule has 5 heteroatoms. The minimum absolute atomic E-state index is 0.584. The zero-order chi connectivity index (χ0) is 14.5. The molecule has 1 aromatic heterocycles. The molecule has 0 N–H and O–H groups in total. The van der Waals surface area contributed by atoms with E-state index in [0.29, 0.717) is 17.5 Å². The largest absolute Gasteiger partial charge is 0.416 e. The van der Waals surface area contributed by atoms with Crippen LogP contribution in [0, 0.1) is 0 Å². The highest BCUT2D eigenvalue weighted by Gasteiger charge is 2.08. The maximum Gasteiger partial charge on any atom is 0.276 e. The van der Waals surface area contributed by atoms with Crippen LogP contribution in [0.1, 0.15) is 17.0 Å². The highest BCUT2D eigenvalue weighted by atomic mass is 35.5. The van der Waals surface area contributed by atoms with Crippen molar-refractivity contribution in [3.8, 4) is 0 Å². The molecule has 0 aliphatic heterocycles. The lowest BCUT2D eigenvalue weighted by molar-refractivity contribution is 0.420. The Labute approximate surface area is 132 Å². The molecule has 21 heavy (non-hydrogen) atoms. The maximum absolute atomic E-state index is 5.96. The van der Waals surface area contributed by atoms with E-state index in [-0.39, 0.29) is 0 Å². The molecule has 0 bridgehead atoms. The van der Waals surface area contributed by atoms with Gasteiger partial charge in [-0.1, -0.05) is 65.8 Å². The SMILES string of the molecule is Clc1cccc(CSc2nnc(Cc3ccccc3)o2)c1. The minimum Gasteiger partial charge on any atom is -0.416 e. The molecule has 3 nitrogen and oxygen atoms in total. The van der Waals surface area contributed by atoms with Crippen LogP contribution in [-0.2, 0) is 12.2 Å². The van der Waals surface area contributed by atoms with Crippen molar-refractivity contribution in [3.63, 3.8) is 0 Å². The topological polar surface area (TPSA) is 38.9 Å². The van der Waals surface area contributed by atoms with Crippen molar-refractivity contribution in [1.82, 2.24) is 10.2 Å². The summed E-state index contributed by atoms with van der Waals surface area (Å²) in [6, 6.07) is 17.8. The summed E-state index contributed by atoms with van der Waals surface area (Å²) in [5, 5.41) is 9.46. The van der Waals surface area contributed by atoms with Gasteiger partial charge in [-0.2, -0.15) is 0 Å². The Kier molecular flexibility index (Phi) is 4.58. The van der Waals surface area contributed by atoms with Gasteiger partial charge < -0.3 is 4.42 Å². The number of nitrogens with zero attached hydrogens (tertiary/aromatic N) is 2. The highest BCUT2D eigenvalue weighted by Crippen LogP contribution is 2.23. The van der Waals surface area contributed by atoms with Gasteiger partial charge in [-0.15, -0.1) is 10.2 Å². The molecule has 0 amide bonds. The minimum atomic E-state index is 0.584. The first-order valence-corrected chi connectivity index (χ1v) is 7.89. The van der Waals surface area contributed by atoms with Crippen LogP contribution in [0.3, 0.4) is 0 Å². The smallest absolute Gasteiger partial charge is 0.276 e. The van der Waals surface area contributed by atoms with E-state index in [1.165, 1.54) is 11.8 Å². The lowest BCUT2D eigenvalue weighted by atomic mass is 10.2. The first-order valence-electron chi connectivity index (χ1n) is 6.53. The Hall–Kier alpha value is -1.78. The number of hydrogen-bond acceptors (Lipinski definition) is 4. The number of thioether (sulfide) groups is 1. The molecule has 0 saturated carbocycles. The van der Waals surface area contributed by atoms with Gasteiger partial charge in [0.15, 0.2) is 0 Å². The molecule has 0 spiro atoms. The molecule has 1 heterocycles. The van der Waals surface area contributed by atoms with Gasteiger partial charge in [-0.3, -0.25) is 0 Å². The Morgan fingerprint density at radius 2 is 1.76 bits per heavy atom. The van der Waals surface area contributed by atoms with Gasteiger partial charge >= 0.3 is 0 Å². The second kappa shape index (κ2) is 6.78. The van der Waals surface area contributed by atoms with E-state index in [1.54, 1.807) is 0 Å². The van der Waals surface area contributed by atoms with E-state index in [0.717, 1.165) is 21.9 Å². The summed E-state index contributed by atoms with van der Waals surface area (Å²) in [7, 11) is 0. The van der Waals surface area contributed by atoms with Crippen molar-refractivity contribution < 1.29 is 4.42 Å². The Morgan fingerprint density at radius 3 is 2.57 bits per heavy atom. The third-order valence-electron chi connectivity index (χ3n) is 2.90. The molecule has 3 aromatic rings. The van der Waals surface area contributed by atoms with Crippen molar-refractivity contribution >= 4 is 23.4 Å². The number of benzene rings is 2. The third-order valence-corrected chi connectivity index (χ3v) is 4.02. The first-order chi connectivity index (χ1) is 10.3. The Bertz CT molecular complexity index is 715. The van der Waals surface area contributed by atoms with Gasteiger partial charge in [-0.25, -0.2) is 0 Å². The van der Waals surface area contributed by atoms with Gasteiger partial charge in [-0.05, 0) is 23.3 Å². The average molecular weight is 317 g/mol. The Morgan fingerprint density at radius 1 is 0.952 bits per heavy atom. The molecule has 0 unspecified atom stereocenters. The highest BCUT2D eigenvalue weighted by molar-refractivity contribution is 7.98. The predicted octanol–water partition coefficient (Wildman–Crippen LogP) is 4.61. The normalized spacial score (nSPS) is 10.7. The number of hydrogen-bond donors (Lipinski definition) is 0. The van der Waals surface area contributed by atoms with E-state index in [9.17, 15) is 0 Å². The van der Waals surface area contributed by atoms with E-state index >= 15 is 0 Å². The standard InChI is InChI=1S/C16H13ClN2OS/c17-14-8-4-7-13(9-14)11-21-16-19-18-15(20-16)10-12-5-2-1-3-6-12/h1-9H,10-11H2. The summed E-state index contributed by atoms with van der Waals surface area (Å²) < 4.78 is 5.65. The van der Waals surface area contributed by atoms with Gasteiger partial charge in [0, 0.05) is 10.8 Å². The summed E-state index contributed by atoms with van der Waals surface area (Å²) in [4.78, 5) is 0. The van der Waals surface area contributed by atoms with Crippen molar-refractivity contribution in [2.24, 2.45) is 0 Å². The fraction of sp³-hybridized carbons (Fsp3) is 0.125. The summed E-state index contributed by atoms with van der Waals surface area (Å²) in [6.07, 6.45) is 0.658. The summed E-state index contributed by atoms with van der Waals surface area (Å²) in [6.45, 7) is 0. The molecule has 0 aliphatic carbocycles. The number of aromatic nitrogens is 2. The zero-order valence-electron chi connectivity index (χ0n) is 11.2. The first kappa shape index (κ1) is 14.2. The molecule has 2 aromatic carbocycles. The van der Waals surface area contributed by atoms with Crippen molar-refractivity contribution in [1.29, 1.82) is 0 Å². The van der Waals surface area contributed by atoms with E-state index in [2.05, 4.69) is 10.2 Å². The third kappa shape index (κ3) is 4.09. The molecule has 0 radical (unpaired) electrons. The second-order valence-electron chi connectivity index (χ2n) is 4.54. The molecular weight excluding hydrogens is 304 g/mol. The summed E-state index contributed by atoms with van der Waals surface area (Å²) in [5.74, 6) is 1.39. The fourth-order valence-corrected chi connectivity index (χ4v) is 2.85. The van der Waals surface area contributed by atoms with Crippen LogP contribution in [0.15, 0.2) is 64.2 Å². The molecule has 0 atom stereocenters. The monoisotopic (exact) mass is 316 g/mol. The van der Waals surface area contributed by atoms with E-state index in [1.807, 2.05) is 54.6 Å². The van der Waals surface area contributed by atoms with Crippen molar-refractivity contribution in [2.45, 2.75) is 17.4 Å². The number of halogens is 1. The van der Waals surface area contributed by atoms with E-state index < -0.39 is 0 Å². The van der Waals surface area contributed by atoms with Gasteiger partial charge in [0.05, 0.1) is 6.42 Å². The van der Waals surface area contributed by atoms with Crippen LogP contribution >= 0.6 is 23.4 Å². The van der Waals surface area contributed by atoms with Gasteiger partial charge in [0.2, 0.25) is 5.89 Å². The van der Waals surface area contributed by atoms with E-state index in [4.69, 9.17) is 16.0 Å². The molecule has 106 valence electrons. The molecular formula is C16H13ClN2OS. The Balaban J connectivity index is 1.60. The molecule has 0 saturated heterocycles. The predicted molar refractivity (Wildman–Crippen MR) is 84.6 cm³/mol. The van der Waals surface area contributed by atoms with Crippen LogP contribution in [0.2, 0.25) is 5.02 Å². The number of rotatable bonds is 5. The molecule has 0 aliphatic rings. The molecule has 0 fully saturated rings. The lowest BCUT2D eigenvalue weighted by Gasteiger charge is -1.98. The lowest BCUT2D eigenvalue weighted by Crippen LogP contribution is -1.87. The van der Waals surface area contributed by atoms with Crippen LogP contribution in [-0.4, -0.2) is 10.2 Å². The van der Waals surface area contributed by atoms with Crippen LogP contribution in [0.5, 0.6) is 0 Å². The average Bonchev–Trinajstić information content (AvgIpc) is 2.94. The maximum atomic E-state index is 5.96. The van der Waals surface area contributed by atoms with Crippen LogP contribution in [0.25, 0.3) is 0 Å². The molecule has 3 rings (SSSR count). The second-order valence-corrected chi connectivity index (χ2v) is 5.91. The van der Waals surface area contributed by atoms with Gasteiger partial charge in [0.25, 0.3) is 5.22 Å². The van der Waals surface area contributed by atoms with Crippen molar-refractivity contribution in [2.75, 3.05) is 0 Å². The van der Waals surface area contributed by atoms with Crippen LogP contribution < -0.4 is 0 Å². The van der Waals surface area contributed by atoms with Crippen LogP contribution in [0.4, 0.5) is 0 Å². The van der Waals surface area contributed by atoms with Gasteiger partial charge in [0.1, 0.15) is 0 Å². The van der Waals surface area contributed by atoms with Crippen molar-refractivity contribution in [3.05, 3.63) is 76.6 Å². The summed E-state index contributed by atoms with van der Waals surface area (Å²) in [5.41, 5.74) is 2.29. The zero-order valence-corrected chi connectivity index (χ0v) is 12.8. The summed E-state index contributed by atoms with van der Waals surface area (Å²) >= 11 is 7.48. The quantitative estimate of drug-likeness (QED) is 0.644.